The van der Waals surface area contributed by atoms with Crippen molar-refractivity contribution in [1.29, 1.82) is 0 Å². The summed E-state index contributed by atoms with van der Waals surface area (Å²) in [7, 11) is 0. The summed E-state index contributed by atoms with van der Waals surface area (Å²) in [6.07, 6.45) is 6.76. The van der Waals surface area contributed by atoms with Crippen LogP contribution in [-0.4, -0.2) is 0 Å². The maximum Gasteiger partial charge on any atom is 0.125 e. The quantitative estimate of drug-likeness (QED) is 0.154. The number of anilines is 6. The molecule has 0 N–H and O–H groups in total. The molecule has 0 aromatic heterocycles. The zero-order valence-electron chi connectivity index (χ0n) is 36.3. The standard InChI is InChI=1S/C60H51FN2/c1-59(2,3)41-23-25-46(26-24-41)62(45-12-5-4-6-13-45)53-29-21-39-20-28-50-54(30-22-40-19-27-49(53)56(39)57(40)50)63(47-14-9-11-44(61)36-47)55-18-10-17-52-58(55)48-15-7-8-16-51(48)60(52)42-32-37-31-38(34-42)35-43(60)33-37/h4-30,36-38,42-43H,31-35H2,1-3H3. The molecule has 5 aliphatic carbocycles. The lowest BCUT2D eigenvalue weighted by Gasteiger charge is -2.61. The minimum atomic E-state index is -0.234. The van der Waals surface area contributed by atoms with E-state index in [1.54, 1.807) is 12.1 Å². The van der Waals surface area contributed by atoms with E-state index in [0.29, 0.717) is 11.8 Å². The third-order valence-electron chi connectivity index (χ3n) is 16.0. The van der Waals surface area contributed by atoms with E-state index in [4.69, 9.17) is 0 Å². The fourth-order valence-electron chi connectivity index (χ4n) is 13.7. The molecule has 1 spiro atoms. The Morgan fingerprint density at radius 3 is 1.68 bits per heavy atom. The van der Waals surface area contributed by atoms with E-state index in [1.165, 1.54) is 86.9 Å². The highest BCUT2D eigenvalue weighted by molar-refractivity contribution is 6.28. The van der Waals surface area contributed by atoms with Crippen LogP contribution < -0.4 is 9.80 Å². The van der Waals surface area contributed by atoms with Gasteiger partial charge in [-0.2, -0.15) is 0 Å². The summed E-state index contributed by atoms with van der Waals surface area (Å²) in [6.45, 7) is 6.81. The van der Waals surface area contributed by atoms with Gasteiger partial charge in [0.1, 0.15) is 5.82 Å². The lowest BCUT2D eigenvalue weighted by molar-refractivity contribution is -0.0399. The van der Waals surface area contributed by atoms with Crippen LogP contribution in [-0.2, 0) is 10.8 Å². The summed E-state index contributed by atoms with van der Waals surface area (Å²) in [4.78, 5) is 4.79. The number of para-hydroxylation sites is 1. The van der Waals surface area contributed by atoms with Crippen LogP contribution in [0.4, 0.5) is 38.5 Å². The van der Waals surface area contributed by atoms with E-state index in [9.17, 15) is 0 Å². The first-order chi connectivity index (χ1) is 30.8. The third-order valence-corrected chi connectivity index (χ3v) is 16.0. The van der Waals surface area contributed by atoms with Crippen molar-refractivity contribution in [3.05, 3.63) is 192 Å². The molecule has 0 amide bonds. The summed E-state index contributed by atoms with van der Waals surface area (Å²) in [5.74, 6) is 2.82. The van der Waals surface area contributed by atoms with E-state index in [1.807, 2.05) is 6.07 Å². The fourth-order valence-corrected chi connectivity index (χ4v) is 13.7. The van der Waals surface area contributed by atoms with Gasteiger partial charge in [-0.1, -0.05) is 130 Å². The second-order valence-corrected chi connectivity index (χ2v) is 20.3. The van der Waals surface area contributed by atoms with E-state index in [2.05, 4.69) is 182 Å². The Labute approximate surface area is 370 Å². The maximum absolute atomic E-state index is 15.6. The molecule has 4 fully saturated rings. The zero-order valence-corrected chi connectivity index (χ0v) is 36.3. The smallest absolute Gasteiger partial charge is 0.125 e. The summed E-state index contributed by atoms with van der Waals surface area (Å²) >= 11 is 0. The summed E-state index contributed by atoms with van der Waals surface area (Å²) < 4.78 is 15.6. The number of hydrogen-bond donors (Lipinski definition) is 0. The Morgan fingerprint density at radius 1 is 0.476 bits per heavy atom. The van der Waals surface area contributed by atoms with Crippen molar-refractivity contribution in [2.24, 2.45) is 23.7 Å². The molecule has 9 aromatic carbocycles. The van der Waals surface area contributed by atoms with Crippen LogP contribution in [0.3, 0.4) is 0 Å². The lowest BCUT2D eigenvalue weighted by Crippen LogP contribution is -2.55. The molecule has 63 heavy (non-hydrogen) atoms. The van der Waals surface area contributed by atoms with Crippen LogP contribution in [0.15, 0.2) is 170 Å². The largest absolute Gasteiger partial charge is 0.310 e. The molecular weight excluding hydrogens is 768 g/mol. The first-order valence-electron chi connectivity index (χ1n) is 23.2. The van der Waals surface area contributed by atoms with Gasteiger partial charge in [-0.3, -0.25) is 0 Å². The van der Waals surface area contributed by atoms with Crippen molar-refractivity contribution in [2.45, 2.75) is 63.7 Å². The van der Waals surface area contributed by atoms with Gasteiger partial charge in [0, 0.05) is 38.8 Å². The average Bonchev–Trinajstić information content (AvgIpc) is 3.59. The van der Waals surface area contributed by atoms with E-state index < -0.39 is 0 Å². The van der Waals surface area contributed by atoms with Crippen molar-refractivity contribution in [2.75, 3.05) is 9.80 Å². The van der Waals surface area contributed by atoms with E-state index >= 15 is 4.39 Å². The molecule has 0 aliphatic heterocycles. The fraction of sp³-hybridized carbons (Fsp3) is 0.233. The summed E-state index contributed by atoms with van der Waals surface area (Å²) in [6, 6.07) is 61.8. The van der Waals surface area contributed by atoms with Gasteiger partial charge < -0.3 is 9.80 Å². The predicted octanol–water partition coefficient (Wildman–Crippen LogP) is 16.7. The molecule has 5 aliphatic rings. The van der Waals surface area contributed by atoms with Crippen LogP contribution >= 0.6 is 0 Å². The monoisotopic (exact) mass is 818 g/mol. The first-order valence-corrected chi connectivity index (χ1v) is 23.2. The second-order valence-electron chi connectivity index (χ2n) is 20.3. The van der Waals surface area contributed by atoms with Crippen molar-refractivity contribution < 1.29 is 4.39 Å². The molecule has 0 saturated heterocycles. The number of halogens is 1. The second kappa shape index (κ2) is 13.5. The van der Waals surface area contributed by atoms with Gasteiger partial charge in [0.2, 0.25) is 0 Å². The van der Waals surface area contributed by atoms with Gasteiger partial charge in [-0.15, -0.1) is 0 Å². The minimum absolute atomic E-state index is 0.0275. The molecule has 0 unspecified atom stereocenters. The van der Waals surface area contributed by atoms with Crippen LogP contribution in [0, 0.1) is 29.5 Å². The van der Waals surface area contributed by atoms with Crippen molar-refractivity contribution in [3.8, 4) is 11.1 Å². The van der Waals surface area contributed by atoms with Gasteiger partial charge in [-0.25, -0.2) is 4.39 Å². The predicted molar refractivity (Wildman–Crippen MR) is 261 cm³/mol. The molecule has 14 rings (SSSR count). The Kier molecular flexibility index (Phi) is 7.97. The van der Waals surface area contributed by atoms with Gasteiger partial charge in [0.15, 0.2) is 0 Å². The highest BCUT2D eigenvalue weighted by atomic mass is 19.1. The normalized spacial score (nSPS) is 22.0. The van der Waals surface area contributed by atoms with Crippen molar-refractivity contribution in [1.82, 2.24) is 0 Å². The summed E-state index contributed by atoms with van der Waals surface area (Å²) in [5.41, 5.74) is 13.5. The average molecular weight is 819 g/mol. The van der Waals surface area contributed by atoms with Crippen molar-refractivity contribution in [3.63, 3.8) is 0 Å². The molecule has 0 radical (unpaired) electrons. The summed E-state index contributed by atoms with van der Waals surface area (Å²) in [5, 5.41) is 7.22. The lowest BCUT2D eigenvalue weighted by atomic mass is 9.43. The van der Waals surface area contributed by atoms with Crippen LogP contribution in [0.2, 0.25) is 0 Å². The highest BCUT2D eigenvalue weighted by Gasteiger charge is 2.62. The highest BCUT2D eigenvalue weighted by Crippen LogP contribution is 2.70. The molecular formula is C60H51FN2. The molecule has 0 atom stereocenters. The van der Waals surface area contributed by atoms with Crippen LogP contribution in [0.1, 0.15) is 69.6 Å². The minimum Gasteiger partial charge on any atom is -0.310 e. The van der Waals surface area contributed by atoms with Gasteiger partial charge in [-0.05, 0) is 166 Å². The van der Waals surface area contributed by atoms with Crippen LogP contribution in [0.5, 0.6) is 0 Å². The molecule has 0 heterocycles. The molecule has 308 valence electrons. The molecule has 4 saturated carbocycles. The van der Waals surface area contributed by atoms with Gasteiger partial charge in [0.25, 0.3) is 0 Å². The Balaban J connectivity index is 1.05. The molecule has 9 aromatic rings. The molecule has 2 nitrogen and oxygen atoms in total. The van der Waals surface area contributed by atoms with Crippen LogP contribution in [0.25, 0.3) is 43.4 Å². The Morgan fingerprint density at radius 2 is 1.03 bits per heavy atom. The number of fused-ring (bicyclic) bond motifs is 3. The Bertz CT molecular complexity index is 3220. The number of rotatable bonds is 6. The SMILES string of the molecule is CC(C)(C)c1ccc(N(c2ccccc2)c2ccc3ccc4c(N(c5cccc(F)c5)c5cccc6c5-c5ccccc5C65C6CC7CC(C6)CC5C7)ccc5ccc2c3c54)cc1. The Hall–Kier alpha value is -6.45. The topological polar surface area (TPSA) is 6.48 Å². The zero-order chi connectivity index (χ0) is 42.2. The number of benzene rings is 9. The van der Waals surface area contributed by atoms with E-state index in [0.717, 1.165) is 51.3 Å². The third kappa shape index (κ3) is 5.35. The van der Waals surface area contributed by atoms with E-state index in [-0.39, 0.29) is 16.6 Å². The molecule has 4 bridgehead atoms. The van der Waals surface area contributed by atoms with Gasteiger partial charge in [0.05, 0.1) is 17.1 Å². The van der Waals surface area contributed by atoms with Crippen molar-refractivity contribution >= 4 is 66.4 Å². The first kappa shape index (κ1) is 37.1. The molecule has 3 heteroatoms. The number of hydrogen-bond acceptors (Lipinski definition) is 2. The van der Waals surface area contributed by atoms with Gasteiger partial charge >= 0.3 is 0 Å². The maximum atomic E-state index is 15.6. The number of nitrogens with zero attached hydrogens (tertiary/aromatic N) is 2.